The zero-order valence-corrected chi connectivity index (χ0v) is 16.1. The summed E-state index contributed by atoms with van der Waals surface area (Å²) in [6, 6.07) is 10.9. The van der Waals surface area contributed by atoms with Crippen molar-refractivity contribution in [3.63, 3.8) is 0 Å². The molecule has 0 fully saturated rings. The van der Waals surface area contributed by atoms with Crippen LogP contribution in [0.5, 0.6) is 5.75 Å². The molecule has 0 spiro atoms. The molecule has 0 saturated heterocycles. The van der Waals surface area contributed by atoms with Crippen molar-refractivity contribution < 1.29 is 9.13 Å². The van der Waals surface area contributed by atoms with Gasteiger partial charge in [-0.1, -0.05) is 6.07 Å². The molecule has 146 valence electrons. The lowest BCUT2D eigenvalue weighted by Crippen LogP contribution is -2.34. The summed E-state index contributed by atoms with van der Waals surface area (Å²) in [6.07, 6.45) is 1.47. The fourth-order valence-electron chi connectivity index (χ4n) is 4.80. The molecule has 0 radical (unpaired) electrons. The Labute approximate surface area is 165 Å². The Kier molecular flexibility index (Phi) is 3.62. The molecule has 1 unspecified atom stereocenters. The Morgan fingerprint density at radius 2 is 2.10 bits per heavy atom. The highest BCUT2D eigenvalue weighted by Crippen LogP contribution is 2.45. The van der Waals surface area contributed by atoms with Gasteiger partial charge in [-0.3, -0.25) is 9.89 Å². The number of nitriles is 1. The van der Waals surface area contributed by atoms with E-state index in [1.807, 2.05) is 23.7 Å². The standard InChI is InChI=1S/C22H19FN4O2/c1-27-17-5-3-12(23)9-13(17)19-15(4-6-18(29-2)20(19)27)22(11-24)8-7-16-14(10-22)21(28)26-25-16/h3-6,9H,7-8,10H2,1-2H3,(H2,25,26,28). The van der Waals surface area contributed by atoms with Gasteiger partial charge in [-0.15, -0.1) is 0 Å². The van der Waals surface area contributed by atoms with E-state index in [0.29, 0.717) is 30.6 Å². The molecule has 2 aromatic carbocycles. The van der Waals surface area contributed by atoms with Crippen LogP contribution in [0.25, 0.3) is 21.8 Å². The number of halogens is 1. The van der Waals surface area contributed by atoms with E-state index in [0.717, 1.165) is 33.1 Å². The third-order valence-corrected chi connectivity index (χ3v) is 6.26. The van der Waals surface area contributed by atoms with Crippen molar-refractivity contribution >= 4 is 21.8 Å². The van der Waals surface area contributed by atoms with Gasteiger partial charge in [0.15, 0.2) is 0 Å². The number of fused-ring (bicyclic) bond motifs is 4. The summed E-state index contributed by atoms with van der Waals surface area (Å²) in [6.45, 7) is 0. The number of nitrogens with one attached hydrogen (secondary N) is 2. The van der Waals surface area contributed by atoms with Crippen LogP contribution in [0.15, 0.2) is 35.1 Å². The van der Waals surface area contributed by atoms with Gasteiger partial charge in [-0.05, 0) is 42.7 Å². The molecule has 0 saturated carbocycles. The Hall–Kier alpha value is -3.53. The Bertz CT molecular complexity index is 1390. The maximum absolute atomic E-state index is 14.2. The van der Waals surface area contributed by atoms with Crippen LogP contribution in [-0.2, 0) is 25.3 Å². The van der Waals surface area contributed by atoms with E-state index in [9.17, 15) is 14.4 Å². The smallest absolute Gasteiger partial charge is 0.267 e. The maximum atomic E-state index is 14.2. The fraction of sp³-hybridized carbons (Fsp3) is 0.273. The average Bonchev–Trinajstić information content (AvgIpc) is 3.25. The molecule has 2 heterocycles. The highest BCUT2D eigenvalue weighted by molar-refractivity contribution is 6.12. The number of ether oxygens (including phenoxy) is 1. The maximum Gasteiger partial charge on any atom is 0.267 e. The van der Waals surface area contributed by atoms with Crippen LogP contribution < -0.4 is 10.3 Å². The predicted octanol–water partition coefficient (Wildman–Crippen LogP) is 3.45. The van der Waals surface area contributed by atoms with Crippen molar-refractivity contribution in [3.8, 4) is 11.8 Å². The summed E-state index contributed by atoms with van der Waals surface area (Å²) < 4.78 is 21.7. The second-order valence-corrected chi connectivity index (χ2v) is 7.67. The summed E-state index contributed by atoms with van der Waals surface area (Å²) in [4.78, 5) is 12.3. The lowest BCUT2D eigenvalue weighted by Gasteiger charge is -2.31. The zero-order chi connectivity index (χ0) is 20.3. The molecule has 1 atom stereocenters. The summed E-state index contributed by atoms with van der Waals surface area (Å²) in [5.74, 6) is 0.324. The Balaban J connectivity index is 1.88. The summed E-state index contributed by atoms with van der Waals surface area (Å²) in [5.41, 5.74) is 2.88. The van der Waals surface area contributed by atoms with Crippen molar-refractivity contribution in [2.45, 2.75) is 24.7 Å². The number of rotatable bonds is 2. The van der Waals surface area contributed by atoms with E-state index in [-0.39, 0.29) is 11.4 Å². The van der Waals surface area contributed by atoms with Crippen molar-refractivity contribution in [1.82, 2.24) is 14.8 Å². The molecule has 29 heavy (non-hydrogen) atoms. The molecule has 2 N–H and O–H groups in total. The largest absolute Gasteiger partial charge is 0.495 e. The van der Waals surface area contributed by atoms with Gasteiger partial charge in [0.2, 0.25) is 0 Å². The minimum Gasteiger partial charge on any atom is -0.495 e. The molecular weight excluding hydrogens is 371 g/mol. The first-order chi connectivity index (χ1) is 14.0. The molecule has 6 nitrogen and oxygen atoms in total. The lowest BCUT2D eigenvalue weighted by molar-refractivity contribution is 0.417. The first-order valence-electron chi connectivity index (χ1n) is 9.44. The summed E-state index contributed by atoms with van der Waals surface area (Å²) in [5, 5.41) is 17.4. The van der Waals surface area contributed by atoms with Gasteiger partial charge < -0.3 is 14.4 Å². The molecule has 0 aliphatic heterocycles. The van der Waals surface area contributed by atoms with Crippen LogP contribution in [-0.4, -0.2) is 21.9 Å². The number of aryl methyl sites for hydroxylation is 2. The SMILES string of the molecule is COc1ccc(C2(C#N)CCc3[nH][nH]c(=O)c3C2)c2c3cc(F)ccc3n(C)c12. The second kappa shape index (κ2) is 5.98. The molecule has 4 aromatic rings. The van der Waals surface area contributed by atoms with Crippen LogP contribution in [0.4, 0.5) is 4.39 Å². The minimum absolute atomic E-state index is 0.187. The third-order valence-electron chi connectivity index (χ3n) is 6.26. The molecule has 0 bridgehead atoms. The number of hydrogen-bond donors (Lipinski definition) is 2. The molecule has 5 rings (SSSR count). The van der Waals surface area contributed by atoms with Gasteiger partial charge in [0.05, 0.1) is 24.1 Å². The lowest BCUT2D eigenvalue weighted by atomic mass is 9.69. The number of methoxy groups -OCH3 is 1. The van der Waals surface area contributed by atoms with Crippen molar-refractivity contribution in [2.75, 3.05) is 7.11 Å². The van der Waals surface area contributed by atoms with Gasteiger partial charge in [0.1, 0.15) is 11.6 Å². The Morgan fingerprint density at radius 1 is 1.28 bits per heavy atom. The van der Waals surface area contributed by atoms with E-state index in [4.69, 9.17) is 4.74 Å². The van der Waals surface area contributed by atoms with Crippen LogP contribution >= 0.6 is 0 Å². The molecule has 1 aliphatic rings. The quantitative estimate of drug-likeness (QED) is 0.550. The molecule has 7 heteroatoms. The number of nitrogens with zero attached hydrogens (tertiary/aromatic N) is 2. The van der Waals surface area contributed by atoms with Crippen LogP contribution in [0.3, 0.4) is 0 Å². The predicted molar refractivity (Wildman–Crippen MR) is 108 cm³/mol. The van der Waals surface area contributed by atoms with Crippen molar-refractivity contribution in [1.29, 1.82) is 5.26 Å². The van der Waals surface area contributed by atoms with E-state index in [1.165, 1.54) is 12.1 Å². The van der Waals surface area contributed by atoms with Gasteiger partial charge in [0, 0.05) is 41.0 Å². The van der Waals surface area contributed by atoms with Crippen LogP contribution in [0.2, 0.25) is 0 Å². The van der Waals surface area contributed by atoms with Crippen molar-refractivity contribution in [3.05, 3.63) is 63.3 Å². The molecule has 0 amide bonds. The first kappa shape index (κ1) is 17.6. The normalized spacial score (nSPS) is 18.7. The van der Waals surface area contributed by atoms with Gasteiger partial charge in [-0.25, -0.2) is 4.39 Å². The summed E-state index contributed by atoms with van der Waals surface area (Å²) >= 11 is 0. The number of benzene rings is 2. The summed E-state index contributed by atoms with van der Waals surface area (Å²) in [7, 11) is 3.50. The molecule has 2 aromatic heterocycles. The van der Waals surface area contributed by atoms with Gasteiger partial charge >= 0.3 is 0 Å². The topological polar surface area (TPSA) is 86.6 Å². The van der Waals surface area contributed by atoms with E-state index in [2.05, 4.69) is 16.3 Å². The number of aromatic amines is 2. The van der Waals surface area contributed by atoms with E-state index in [1.54, 1.807) is 13.2 Å². The van der Waals surface area contributed by atoms with Gasteiger partial charge in [-0.2, -0.15) is 5.26 Å². The zero-order valence-electron chi connectivity index (χ0n) is 16.1. The van der Waals surface area contributed by atoms with Gasteiger partial charge in [0.25, 0.3) is 5.56 Å². The third kappa shape index (κ3) is 2.29. The fourth-order valence-corrected chi connectivity index (χ4v) is 4.80. The number of H-pyrrole nitrogens is 2. The highest BCUT2D eigenvalue weighted by Gasteiger charge is 2.40. The second-order valence-electron chi connectivity index (χ2n) is 7.67. The molecular formula is C22H19FN4O2. The number of aromatic nitrogens is 3. The number of hydrogen-bond acceptors (Lipinski definition) is 3. The Morgan fingerprint density at radius 3 is 2.86 bits per heavy atom. The highest BCUT2D eigenvalue weighted by atomic mass is 19.1. The minimum atomic E-state index is -0.882. The first-order valence-corrected chi connectivity index (χ1v) is 9.44. The van der Waals surface area contributed by atoms with E-state index >= 15 is 0 Å². The van der Waals surface area contributed by atoms with Crippen molar-refractivity contribution in [2.24, 2.45) is 7.05 Å². The van der Waals surface area contributed by atoms with Crippen LogP contribution in [0.1, 0.15) is 23.2 Å². The monoisotopic (exact) mass is 390 g/mol. The van der Waals surface area contributed by atoms with E-state index < -0.39 is 5.41 Å². The van der Waals surface area contributed by atoms with Crippen LogP contribution in [0, 0.1) is 17.1 Å². The average molecular weight is 390 g/mol. The molecule has 1 aliphatic carbocycles.